The van der Waals surface area contributed by atoms with Gasteiger partial charge in [0.2, 0.25) is 0 Å². The largest absolute Gasteiger partial charge is 0.457 e. The van der Waals surface area contributed by atoms with Gasteiger partial charge in [-0.2, -0.15) is 0 Å². The topological polar surface area (TPSA) is 35.0 Å². The number of para-hydroxylation sites is 3. The van der Waals surface area contributed by atoms with Crippen LogP contribution in [0.3, 0.4) is 0 Å². The molecule has 0 fully saturated rings. The zero-order valence-corrected chi connectivity index (χ0v) is 26.0. The van der Waals surface area contributed by atoms with E-state index >= 15 is 0 Å². The van der Waals surface area contributed by atoms with E-state index in [1.54, 1.807) is 0 Å². The fourth-order valence-electron chi connectivity index (χ4n) is 7.98. The van der Waals surface area contributed by atoms with Crippen LogP contribution in [0.5, 0.6) is 11.5 Å². The standard InChI is InChI=1S/C45H28N2O/c1-2-13-30(14-3-1)43-35-16-5-9-22-39(35)46-44(47-43)31-27-25-29(26-28-31)32-17-12-18-34-33-15-4-6-19-36(33)45(42(32)34)37-20-7-10-23-40(37)48-41-24-11-8-21-38(41)45/h1-28H. The van der Waals surface area contributed by atoms with Crippen molar-refractivity contribution in [3.63, 3.8) is 0 Å². The quantitative estimate of drug-likeness (QED) is 0.199. The second-order valence-electron chi connectivity index (χ2n) is 12.5. The second kappa shape index (κ2) is 10.3. The maximum Gasteiger partial charge on any atom is 0.160 e. The third-order valence-electron chi connectivity index (χ3n) is 9.97. The van der Waals surface area contributed by atoms with Crippen LogP contribution >= 0.6 is 0 Å². The number of nitrogens with zero attached hydrogens (tertiary/aromatic N) is 2. The smallest absolute Gasteiger partial charge is 0.160 e. The Labute approximate surface area is 278 Å². The van der Waals surface area contributed by atoms with E-state index in [9.17, 15) is 0 Å². The predicted molar refractivity (Wildman–Crippen MR) is 193 cm³/mol. The highest BCUT2D eigenvalue weighted by molar-refractivity contribution is 5.95. The van der Waals surface area contributed by atoms with E-state index in [0.29, 0.717) is 5.82 Å². The van der Waals surface area contributed by atoms with E-state index in [0.717, 1.165) is 55.9 Å². The Morgan fingerprint density at radius 1 is 0.396 bits per heavy atom. The van der Waals surface area contributed by atoms with Gasteiger partial charge in [-0.3, -0.25) is 0 Å². The second-order valence-corrected chi connectivity index (χ2v) is 12.5. The molecule has 0 atom stereocenters. The highest BCUT2D eigenvalue weighted by Gasteiger charge is 2.52. The van der Waals surface area contributed by atoms with Gasteiger partial charge in [-0.15, -0.1) is 0 Å². The van der Waals surface area contributed by atoms with E-state index in [1.807, 2.05) is 18.2 Å². The summed E-state index contributed by atoms with van der Waals surface area (Å²) in [5.41, 5.74) is 13.2. The number of hydrogen-bond acceptors (Lipinski definition) is 3. The van der Waals surface area contributed by atoms with Crippen molar-refractivity contribution in [3.8, 4) is 56.4 Å². The molecular weight excluding hydrogens is 585 g/mol. The Balaban J connectivity index is 1.18. The van der Waals surface area contributed by atoms with Crippen LogP contribution in [-0.2, 0) is 5.41 Å². The summed E-state index contributed by atoms with van der Waals surface area (Å²) in [5, 5.41) is 1.05. The first-order valence-electron chi connectivity index (χ1n) is 16.3. The van der Waals surface area contributed by atoms with Crippen molar-refractivity contribution >= 4 is 10.9 Å². The molecule has 1 aliphatic carbocycles. The van der Waals surface area contributed by atoms with Gasteiger partial charge in [0.05, 0.1) is 16.6 Å². The minimum Gasteiger partial charge on any atom is -0.457 e. The van der Waals surface area contributed by atoms with Crippen LogP contribution in [0.1, 0.15) is 22.3 Å². The molecule has 1 spiro atoms. The van der Waals surface area contributed by atoms with Crippen LogP contribution in [0.4, 0.5) is 0 Å². The van der Waals surface area contributed by atoms with Gasteiger partial charge in [0, 0.05) is 27.6 Å². The Morgan fingerprint density at radius 2 is 0.979 bits per heavy atom. The summed E-state index contributed by atoms with van der Waals surface area (Å²) in [7, 11) is 0. The normalized spacial score (nSPS) is 13.3. The van der Waals surface area contributed by atoms with Crippen LogP contribution in [0.25, 0.3) is 55.8 Å². The van der Waals surface area contributed by atoms with E-state index in [4.69, 9.17) is 14.7 Å². The average Bonchev–Trinajstić information content (AvgIpc) is 3.46. The lowest BCUT2D eigenvalue weighted by atomic mass is 9.64. The zero-order chi connectivity index (χ0) is 31.7. The summed E-state index contributed by atoms with van der Waals surface area (Å²) >= 11 is 0. The number of ether oxygens (including phenoxy) is 1. The lowest BCUT2D eigenvalue weighted by Crippen LogP contribution is -2.32. The number of hydrogen-bond donors (Lipinski definition) is 0. The highest BCUT2D eigenvalue weighted by Crippen LogP contribution is 2.63. The lowest BCUT2D eigenvalue weighted by Gasteiger charge is -2.40. The van der Waals surface area contributed by atoms with Crippen molar-refractivity contribution in [1.82, 2.24) is 9.97 Å². The van der Waals surface area contributed by atoms with E-state index < -0.39 is 5.41 Å². The molecule has 0 amide bonds. The number of rotatable bonds is 3. The van der Waals surface area contributed by atoms with Crippen LogP contribution in [-0.4, -0.2) is 9.97 Å². The minimum absolute atomic E-state index is 0.529. The molecule has 3 nitrogen and oxygen atoms in total. The molecule has 0 saturated heterocycles. The van der Waals surface area contributed by atoms with Crippen LogP contribution in [0.2, 0.25) is 0 Å². The zero-order valence-electron chi connectivity index (χ0n) is 26.0. The molecule has 1 aliphatic heterocycles. The SMILES string of the molecule is c1ccc(-c2nc(-c3ccc(-c4cccc5c4C4(c6ccccc6Oc6ccccc64)c4ccccc4-5)cc3)nc3ccccc23)cc1. The average molecular weight is 613 g/mol. The van der Waals surface area contributed by atoms with Gasteiger partial charge in [-0.05, 0) is 51.6 Å². The molecule has 1 aromatic heterocycles. The molecule has 0 N–H and O–H groups in total. The molecule has 8 aromatic rings. The molecule has 0 radical (unpaired) electrons. The first-order chi connectivity index (χ1) is 23.8. The third kappa shape index (κ3) is 3.76. The molecule has 3 heteroatoms. The van der Waals surface area contributed by atoms with Crippen LogP contribution in [0, 0.1) is 0 Å². The first kappa shape index (κ1) is 26.9. The Kier molecular flexibility index (Phi) is 5.79. The fourth-order valence-corrected chi connectivity index (χ4v) is 7.98. The van der Waals surface area contributed by atoms with Crippen molar-refractivity contribution in [2.75, 3.05) is 0 Å². The summed E-state index contributed by atoms with van der Waals surface area (Å²) in [5.74, 6) is 2.51. The predicted octanol–water partition coefficient (Wildman–Crippen LogP) is 11.1. The van der Waals surface area contributed by atoms with E-state index in [-0.39, 0.29) is 0 Å². The van der Waals surface area contributed by atoms with Crippen molar-refractivity contribution in [2.45, 2.75) is 5.41 Å². The highest BCUT2D eigenvalue weighted by atomic mass is 16.5. The lowest BCUT2D eigenvalue weighted by molar-refractivity contribution is 0.436. The molecule has 0 saturated carbocycles. The number of aromatic nitrogens is 2. The molecule has 2 aliphatic rings. The maximum absolute atomic E-state index is 6.56. The first-order valence-corrected chi connectivity index (χ1v) is 16.3. The summed E-state index contributed by atoms with van der Waals surface area (Å²) in [6.07, 6.45) is 0. The van der Waals surface area contributed by atoms with E-state index in [1.165, 1.54) is 27.8 Å². The van der Waals surface area contributed by atoms with Crippen LogP contribution in [0.15, 0.2) is 170 Å². The van der Waals surface area contributed by atoms with Crippen molar-refractivity contribution in [3.05, 3.63) is 192 Å². The van der Waals surface area contributed by atoms with E-state index in [2.05, 4.69) is 152 Å². The van der Waals surface area contributed by atoms with Gasteiger partial charge in [0.1, 0.15) is 11.5 Å². The van der Waals surface area contributed by atoms with Gasteiger partial charge in [-0.25, -0.2) is 9.97 Å². The fraction of sp³-hybridized carbons (Fsp3) is 0.0222. The number of benzene rings is 7. The molecule has 0 bridgehead atoms. The Morgan fingerprint density at radius 3 is 1.75 bits per heavy atom. The van der Waals surface area contributed by atoms with Gasteiger partial charge in [0.25, 0.3) is 0 Å². The Hall–Kier alpha value is -6.32. The van der Waals surface area contributed by atoms with Crippen LogP contribution < -0.4 is 4.74 Å². The van der Waals surface area contributed by atoms with Gasteiger partial charge in [-0.1, -0.05) is 152 Å². The molecule has 224 valence electrons. The molecular formula is C45H28N2O. The molecule has 48 heavy (non-hydrogen) atoms. The summed E-state index contributed by atoms with van der Waals surface area (Å²) in [4.78, 5) is 10.1. The molecule has 0 unspecified atom stereocenters. The van der Waals surface area contributed by atoms with Crippen molar-refractivity contribution in [2.24, 2.45) is 0 Å². The van der Waals surface area contributed by atoms with Crippen molar-refractivity contribution in [1.29, 1.82) is 0 Å². The van der Waals surface area contributed by atoms with Gasteiger partial charge < -0.3 is 4.74 Å². The van der Waals surface area contributed by atoms with Gasteiger partial charge >= 0.3 is 0 Å². The minimum atomic E-state index is -0.529. The molecule has 2 heterocycles. The summed E-state index contributed by atoms with van der Waals surface area (Å²) in [6.45, 7) is 0. The third-order valence-corrected chi connectivity index (χ3v) is 9.97. The Bertz CT molecular complexity index is 2490. The monoisotopic (exact) mass is 612 g/mol. The maximum atomic E-state index is 6.56. The molecule has 7 aromatic carbocycles. The van der Waals surface area contributed by atoms with Gasteiger partial charge in [0.15, 0.2) is 5.82 Å². The summed E-state index contributed by atoms with van der Waals surface area (Å²) < 4.78 is 6.56. The number of fused-ring (bicyclic) bond motifs is 10. The molecule has 10 rings (SSSR count). The van der Waals surface area contributed by atoms with Crippen molar-refractivity contribution < 1.29 is 4.74 Å². The summed E-state index contributed by atoms with van der Waals surface area (Å²) in [6, 6.07) is 60.0.